The molecular formula is C11H20O4. The molecular weight excluding hydrogens is 196 g/mol. The van der Waals surface area contributed by atoms with Crippen LogP contribution in [0.4, 0.5) is 0 Å². The van der Waals surface area contributed by atoms with Gasteiger partial charge in [-0.05, 0) is 13.3 Å². The summed E-state index contributed by atoms with van der Waals surface area (Å²) in [5, 5.41) is 35.8. The summed E-state index contributed by atoms with van der Waals surface area (Å²) in [6.45, 7) is 1.45. The number of aliphatic hydroxyl groups is 4. The van der Waals surface area contributed by atoms with Crippen molar-refractivity contribution >= 4 is 0 Å². The number of hydrogen-bond acceptors (Lipinski definition) is 4. The number of rotatable bonds is 7. The van der Waals surface area contributed by atoms with Crippen molar-refractivity contribution in [3.05, 3.63) is 24.3 Å². The fourth-order valence-corrected chi connectivity index (χ4v) is 1.12. The molecule has 0 aromatic rings. The molecule has 0 aliphatic rings. The van der Waals surface area contributed by atoms with Gasteiger partial charge in [0.05, 0.1) is 6.61 Å². The summed E-state index contributed by atoms with van der Waals surface area (Å²) in [6.07, 6.45) is 5.23. The normalized spacial score (nSPS) is 18.5. The molecule has 0 radical (unpaired) electrons. The summed E-state index contributed by atoms with van der Waals surface area (Å²) in [5.41, 5.74) is 0. The molecule has 0 aliphatic heterocycles. The third-order valence-electron chi connectivity index (χ3n) is 2.05. The predicted octanol–water partition coefficient (Wildman–Crippen LogP) is -0.169. The average Bonchev–Trinajstić information content (AvgIpc) is 2.26. The van der Waals surface area contributed by atoms with E-state index in [4.69, 9.17) is 15.3 Å². The lowest BCUT2D eigenvalue weighted by Crippen LogP contribution is -2.27. The van der Waals surface area contributed by atoms with Crippen molar-refractivity contribution in [1.82, 2.24) is 0 Å². The zero-order chi connectivity index (χ0) is 11.7. The topological polar surface area (TPSA) is 80.9 Å². The SMILES string of the molecule is C/C=C/C(CO)C/C=C\C(O)C(O)CO. The van der Waals surface area contributed by atoms with Gasteiger partial charge >= 0.3 is 0 Å². The van der Waals surface area contributed by atoms with Gasteiger partial charge in [-0.1, -0.05) is 24.3 Å². The van der Waals surface area contributed by atoms with Crippen LogP contribution in [-0.4, -0.2) is 45.8 Å². The molecule has 0 bridgehead atoms. The van der Waals surface area contributed by atoms with Gasteiger partial charge in [0, 0.05) is 12.5 Å². The minimum atomic E-state index is -1.14. The van der Waals surface area contributed by atoms with E-state index >= 15 is 0 Å². The first-order valence-corrected chi connectivity index (χ1v) is 5.03. The molecule has 4 heteroatoms. The summed E-state index contributed by atoms with van der Waals surface area (Å²) in [6, 6.07) is 0. The van der Waals surface area contributed by atoms with Crippen LogP contribution in [0.3, 0.4) is 0 Å². The second kappa shape index (κ2) is 8.61. The second-order valence-electron chi connectivity index (χ2n) is 3.37. The van der Waals surface area contributed by atoms with E-state index < -0.39 is 18.8 Å². The fraction of sp³-hybridized carbons (Fsp3) is 0.636. The van der Waals surface area contributed by atoms with Gasteiger partial charge < -0.3 is 20.4 Å². The first-order chi connectivity index (χ1) is 7.15. The number of aliphatic hydroxyl groups excluding tert-OH is 4. The first kappa shape index (κ1) is 14.3. The molecule has 0 aromatic heterocycles. The standard InChI is InChI=1S/C11H20O4/c1-2-4-9(7-12)5-3-6-10(14)11(15)8-13/h2-4,6,9-15H,5,7-8H2,1H3/b4-2+,6-3-. The van der Waals surface area contributed by atoms with E-state index in [1.54, 1.807) is 6.08 Å². The van der Waals surface area contributed by atoms with Crippen molar-refractivity contribution in [1.29, 1.82) is 0 Å². The van der Waals surface area contributed by atoms with Gasteiger partial charge in [-0.2, -0.15) is 0 Å². The second-order valence-corrected chi connectivity index (χ2v) is 3.37. The van der Waals surface area contributed by atoms with Crippen molar-refractivity contribution in [3.8, 4) is 0 Å². The van der Waals surface area contributed by atoms with E-state index in [9.17, 15) is 5.11 Å². The Hall–Kier alpha value is -0.680. The lowest BCUT2D eigenvalue weighted by atomic mass is 10.0. The smallest absolute Gasteiger partial charge is 0.106 e. The molecule has 0 aliphatic carbocycles. The quantitative estimate of drug-likeness (QED) is 0.445. The highest BCUT2D eigenvalue weighted by Gasteiger charge is 2.10. The fourth-order valence-electron chi connectivity index (χ4n) is 1.12. The van der Waals surface area contributed by atoms with Gasteiger partial charge in [-0.15, -0.1) is 0 Å². The molecule has 0 saturated heterocycles. The highest BCUT2D eigenvalue weighted by Crippen LogP contribution is 2.06. The Kier molecular flexibility index (Phi) is 8.22. The Labute approximate surface area is 90.2 Å². The van der Waals surface area contributed by atoms with Crippen LogP contribution in [-0.2, 0) is 0 Å². The molecule has 0 fully saturated rings. The molecule has 3 unspecified atom stereocenters. The van der Waals surface area contributed by atoms with Crippen LogP contribution in [0.25, 0.3) is 0 Å². The first-order valence-electron chi connectivity index (χ1n) is 5.03. The summed E-state index contributed by atoms with van der Waals surface area (Å²) >= 11 is 0. The third-order valence-corrected chi connectivity index (χ3v) is 2.05. The molecule has 0 amide bonds. The Bertz CT molecular complexity index is 201. The zero-order valence-electron chi connectivity index (χ0n) is 8.95. The molecule has 0 rings (SSSR count). The molecule has 88 valence electrons. The summed E-state index contributed by atoms with van der Waals surface area (Å²) in [5.74, 6) is 0.0321. The van der Waals surface area contributed by atoms with E-state index in [1.807, 2.05) is 19.1 Å². The van der Waals surface area contributed by atoms with Crippen LogP contribution in [0.5, 0.6) is 0 Å². The third kappa shape index (κ3) is 6.41. The molecule has 0 heterocycles. The van der Waals surface area contributed by atoms with Gasteiger partial charge in [0.25, 0.3) is 0 Å². The average molecular weight is 216 g/mol. The van der Waals surface area contributed by atoms with Gasteiger partial charge in [0.15, 0.2) is 0 Å². The molecule has 4 nitrogen and oxygen atoms in total. The van der Waals surface area contributed by atoms with Crippen LogP contribution >= 0.6 is 0 Å². The van der Waals surface area contributed by atoms with Gasteiger partial charge in [-0.25, -0.2) is 0 Å². The molecule has 15 heavy (non-hydrogen) atoms. The predicted molar refractivity (Wildman–Crippen MR) is 58.2 cm³/mol. The number of hydrogen-bond donors (Lipinski definition) is 4. The maximum Gasteiger partial charge on any atom is 0.106 e. The van der Waals surface area contributed by atoms with Gasteiger partial charge in [0.1, 0.15) is 12.2 Å². The minimum Gasteiger partial charge on any atom is -0.396 e. The summed E-state index contributed by atoms with van der Waals surface area (Å²) in [7, 11) is 0. The molecule has 0 aromatic carbocycles. The van der Waals surface area contributed by atoms with Crippen LogP contribution in [0, 0.1) is 5.92 Å². The van der Waals surface area contributed by atoms with Gasteiger partial charge in [0.2, 0.25) is 0 Å². The van der Waals surface area contributed by atoms with Crippen LogP contribution in [0.15, 0.2) is 24.3 Å². The lowest BCUT2D eigenvalue weighted by molar-refractivity contribution is 0.00933. The van der Waals surface area contributed by atoms with E-state index in [2.05, 4.69) is 0 Å². The highest BCUT2D eigenvalue weighted by molar-refractivity contribution is 4.96. The van der Waals surface area contributed by atoms with Crippen LogP contribution < -0.4 is 0 Å². The van der Waals surface area contributed by atoms with E-state index in [0.717, 1.165) is 0 Å². The molecule has 3 atom stereocenters. The maximum absolute atomic E-state index is 9.26. The largest absolute Gasteiger partial charge is 0.396 e. The molecule has 4 N–H and O–H groups in total. The Balaban J connectivity index is 3.96. The number of allylic oxidation sites excluding steroid dienone is 2. The minimum absolute atomic E-state index is 0.0321. The van der Waals surface area contributed by atoms with Crippen molar-refractivity contribution in [3.63, 3.8) is 0 Å². The van der Waals surface area contributed by atoms with E-state index in [1.165, 1.54) is 6.08 Å². The molecule has 0 spiro atoms. The monoisotopic (exact) mass is 216 g/mol. The van der Waals surface area contributed by atoms with Crippen molar-refractivity contribution in [2.45, 2.75) is 25.6 Å². The van der Waals surface area contributed by atoms with E-state index in [-0.39, 0.29) is 12.5 Å². The van der Waals surface area contributed by atoms with Crippen molar-refractivity contribution < 1.29 is 20.4 Å². The zero-order valence-corrected chi connectivity index (χ0v) is 8.95. The van der Waals surface area contributed by atoms with Gasteiger partial charge in [-0.3, -0.25) is 0 Å². The summed E-state index contributed by atoms with van der Waals surface area (Å²) < 4.78 is 0. The summed E-state index contributed by atoms with van der Waals surface area (Å²) in [4.78, 5) is 0. The van der Waals surface area contributed by atoms with Crippen molar-refractivity contribution in [2.75, 3.05) is 13.2 Å². The lowest BCUT2D eigenvalue weighted by Gasteiger charge is -2.11. The maximum atomic E-state index is 9.26. The van der Waals surface area contributed by atoms with Crippen LogP contribution in [0.2, 0.25) is 0 Å². The Morgan fingerprint density at radius 2 is 1.73 bits per heavy atom. The Morgan fingerprint density at radius 3 is 2.20 bits per heavy atom. The molecule has 0 saturated carbocycles. The van der Waals surface area contributed by atoms with E-state index in [0.29, 0.717) is 6.42 Å². The van der Waals surface area contributed by atoms with Crippen molar-refractivity contribution in [2.24, 2.45) is 5.92 Å². The highest BCUT2D eigenvalue weighted by atomic mass is 16.4. The van der Waals surface area contributed by atoms with Crippen LogP contribution in [0.1, 0.15) is 13.3 Å². The Morgan fingerprint density at radius 1 is 1.07 bits per heavy atom.